The van der Waals surface area contributed by atoms with E-state index in [1.807, 2.05) is 24.3 Å². The Balaban J connectivity index is 1.38. The van der Waals surface area contributed by atoms with Crippen molar-refractivity contribution in [2.24, 2.45) is 0 Å². The third-order valence-corrected chi connectivity index (χ3v) is 4.89. The Morgan fingerprint density at radius 1 is 1.03 bits per heavy atom. The highest BCUT2D eigenvalue weighted by molar-refractivity contribution is 5.99. The molecule has 0 radical (unpaired) electrons. The van der Waals surface area contributed by atoms with Gasteiger partial charge in [-0.2, -0.15) is 4.98 Å². The zero-order valence-corrected chi connectivity index (χ0v) is 17.2. The Morgan fingerprint density at radius 3 is 2.78 bits per heavy atom. The summed E-state index contributed by atoms with van der Waals surface area (Å²) in [5.41, 5.74) is -0.264. The fourth-order valence-corrected chi connectivity index (χ4v) is 3.20. The first kappa shape index (κ1) is 19.6. The second-order valence-electron chi connectivity index (χ2n) is 7.69. The molecule has 32 heavy (non-hydrogen) atoms. The lowest BCUT2D eigenvalue weighted by Crippen LogP contribution is -2.46. The summed E-state index contributed by atoms with van der Waals surface area (Å²) in [6.07, 6.45) is 4.54. The Hall–Kier alpha value is -4.34. The smallest absolute Gasteiger partial charge is 0.269 e. The van der Waals surface area contributed by atoms with Crippen LogP contribution in [-0.2, 0) is 4.79 Å². The zero-order valence-electron chi connectivity index (χ0n) is 17.2. The lowest BCUT2D eigenvalue weighted by molar-refractivity contribution is -0.129. The number of fused-ring (bicyclic) bond motifs is 2. The molecule has 3 aromatic heterocycles. The van der Waals surface area contributed by atoms with Crippen LogP contribution in [0.2, 0.25) is 0 Å². The Morgan fingerprint density at radius 2 is 1.91 bits per heavy atom. The average molecular weight is 431 g/mol. The van der Waals surface area contributed by atoms with Crippen molar-refractivity contribution in [1.29, 1.82) is 0 Å². The molecular weight excluding hydrogens is 413 g/mol. The van der Waals surface area contributed by atoms with E-state index in [0.29, 0.717) is 5.75 Å². The van der Waals surface area contributed by atoms with E-state index in [9.17, 15) is 9.18 Å². The van der Waals surface area contributed by atoms with Gasteiger partial charge in [-0.25, -0.2) is 14.4 Å². The van der Waals surface area contributed by atoms with Crippen molar-refractivity contribution in [1.82, 2.24) is 19.9 Å². The zero-order chi connectivity index (χ0) is 22.3. The minimum absolute atomic E-state index is 0.0687. The van der Waals surface area contributed by atoms with E-state index in [1.165, 1.54) is 0 Å². The predicted octanol–water partition coefficient (Wildman–Crippen LogP) is 4.16. The molecule has 5 rings (SSSR count). The number of pyridine rings is 2. The normalized spacial score (nSPS) is 14.3. The van der Waals surface area contributed by atoms with Gasteiger partial charge in [-0.1, -0.05) is 6.07 Å². The van der Waals surface area contributed by atoms with Crippen LogP contribution >= 0.6 is 0 Å². The molecule has 9 nitrogen and oxygen atoms in total. The number of aromatic nitrogens is 4. The maximum atomic E-state index is 14.4. The summed E-state index contributed by atoms with van der Waals surface area (Å²) in [7, 11) is 0. The number of amides is 1. The van der Waals surface area contributed by atoms with Crippen LogP contribution in [0.25, 0.3) is 10.8 Å². The highest BCUT2D eigenvalue weighted by Crippen LogP contribution is 2.33. The summed E-state index contributed by atoms with van der Waals surface area (Å²) in [5.74, 6) is 0.120. The molecule has 0 saturated carbocycles. The number of benzene rings is 1. The van der Waals surface area contributed by atoms with E-state index in [2.05, 4.69) is 35.9 Å². The second kappa shape index (κ2) is 7.41. The number of nitrogens with zero attached hydrogens (tertiary/aromatic N) is 4. The molecule has 3 N–H and O–H groups in total. The summed E-state index contributed by atoms with van der Waals surface area (Å²) in [5, 5.41) is 10.6. The Bertz CT molecular complexity index is 1360. The van der Waals surface area contributed by atoms with Crippen molar-refractivity contribution in [3.63, 3.8) is 0 Å². The summed E-state index contributed by atoms with van der Waals surface area (Å²) in [4.78, 5) is 28.7. The molecule has 0 spiro atoms. The van der Waals surface area contributed by atoms with Gasteiger partial charge in [0, 0.05) is 23.5 Å². The number of hydrogen-bond acceptors (Lipinski definition) is 8. The van der Waals surface area contributed by atoms with Crippen LogP contribution < -0.4 is 20.7 Å². The van der Waals surface area contributed by atoms with Gasteiger partial charge in [0.1, 0.15) is 5.82 Å². The maximum Gasteiger partial charge on any atom is 0.269 e. The van der Waals surface area contributed by atoms with Gasteiger partial charge in [-0.15, -0.1) is 0 Å². The van der Waals surface area contributed by atoms with E-state index in [4.69, 9.17) is 4.74 Å². The van der Waals surface area contributed by atoms with Crippen LogP contribution in [0.15, 0.2) is 55.0 Å². The van der Waals surface area contributed by atoms with Gasteiger partial charge in [0.05, 0.1) is 6.20 Å². The van der Waals surface area contributed by atoms with E-state index >= 15 is 0 Å². The highest BCUT2D eigenvalue weighted by atomic mass is 19.1. The van der Waals surface area contributed by atoms with Crippen molar-refractivity contribution >= 4 is 45.8 Å². The lowest BCUT2D eigenvalue weighted by Gasteiger charge is -2.30. The minimum atomic E-state index is -0.998. The molecule has 1 aromatic carbocycles. The van der Waals surface area contributed by atoms with E-state index in [0.717, 1.165) is 22.7 Å². The van der Waals surface area contributed by atoms with Crippen molar-refractivity contribution in [3.8, 4) is 5.75 Å². The first-order valence-electron chi connectivity index (χ1n) is 9.79. The average Bonchev–Trinajstić information content (AvgIpc) is 2.77. The number of carbonyl (C=O) groups excluding carboxylic acids is 1. The van der Waals surface area contributed by atoms with E-state index in [-0.39, 0.29) is 29.3 Å². The molecular formula is C22H18FN7O2. The molecule has 160 valence electrons. The SMILES string of the molecule is CC1(C)Oc2ccc(Nc3nc(Nc4ccc5ccncc5c4)ncc3F)nc2NC1=O. The molecule has 1 aliphatic rings. The number of nitrogens with one attached hydrogen (secondary N) is 3. The molecule has 4 aromatic rings. The third-order valence-electron chi connectivity index (χ3n) is 4.89. The van der Waals surface area contributed by atoms with Gasteiger partial charge in [-0.3, -0.25) is 9.78 Å². The highest BCUT2D eigenvalue weighted by Gasteiger charge is 2.36. The number of rotatable bonds is 4. The van der Waals surface area contributed by atoms with Crippen LogP contribution in [-0.4, -0.2) is 31.4 Å². The van der Waals surface area contributed by atoms with Crippen LogP contribution in [0.3, 0.4) is 0 Å². The molecule has 0 atom stereocenters. The monoisotopic (exact) mass is 431 g/mol. The van der Waals surface area contributed by atoms with E-state index in [1.54, 1.807) is 38.4 Å². The molecule has 0 fully saturated rings. The number of halogens is 1. The van der Waals surface area contributed by atoms with Crippen LogP contribution in [0.5, 0.6) is 5.75 Å². The maximum absolute atomic E-state index is 14.4. The van der Waals surface area contributed by atoms with Gasteiger partial charge in [0.15, 0.2) is 28.8 Å². The van der Waals surface area contributed by atoms with Gasteiger partial charge in [0.2, 0.25) is 5.95 Å². The van der Waals surface area contributed by atoms with Gasteiger partial charge < -0.3 is 20.7 Å². The molecule has 1 aliphatic heterocycles. The topological polar surface area (TPSA) is 114 Å². The van der Waals surface area contributed by atoms with Crippen LogP contribution in [0.4, 0.5) is 33.5 Å². The Kier molecular flexibility index (Phi) is 4.54. The molecule has 0 saturated heterocycles. The van der Waals surface area contributed by atoms with Crippen molar-refractivity contribution in [3.05, 3.63) is 60.8 Å². The largest absolute Gasteiger partial charge is 0.474 e. The summed E-state index contributed by atoms with van der Waals surface area (Å²) >= 11 is 0. The fraction of sp³-hybridized carbons (Fsp3) is 0.136. The summed E-state index contributed by atoms with van der Waals surface area (Å²) < 4.78 is 20.0. The first-order valence-corrected chi connectivity index (χ1v) is 9.79. The van der Waals surface area contributed by atoms with Crippen LogP contribution in [0.1, 0.15) is 13.8 Å². The molecule has 4 heterocycles. The molecule has 10 heteroatoms. The Labute approximate surface area is 182 Å². The van der Waals surface area contributed by atoms with E-state index < -0.39 is 11.4 Å². The summed E-state index contributed by atoms with van der Waals surface area (Å²) in [6, 6.07) is 10.9. The van der Waals surface area contributed by atoms with Crippen molar-refractivity contribution in [2.75, 3.05) is 16.0 Å². The number of ether oxygens (including phenoxy) is 1. The van der Waals surface area contributed by atoms with Crippen LogP contribution in [0, 0.1) is 5.82 Å². The van der Waals surface area contributed by atoms with Crippen molar-refractivity contribution < 1.29 is 13.9 Å². The number of carbonyl (C=O) groups is 1. The fourth-order valence-electron chi connectivity index (χ4n) is 3.20. The first-order chi connectivity index (χ1) is 15.4. The molecule has 1 amide bonds. The third kappa shape index (κ3) is 3.73. The molecule has 0 aliphatic carbocycles. The number of hydrogen-bond donors (Lipinski definition) is 3. The molecule has 0 bridgehead atoms. The minimum Gasteiger partial charge on any atom is -0.474 e. The van der Waals surface area contributed by atoms with Gasteiger partial charge in [-0.05, 0) is 49.6 Å². The number of anilines is 5. The predicted molar refractivity (Wildman–Crippen MR) is 118 cm³/mol. The lowest BCUT2D eigenvalue weighted by atomic mass is 10.1. The standard InChI is InChI=1S/C22H18FN7O2/c1-22(2)20(31)29-19-16(32-22)5-6-17(28-19)27-18-15(23)11-25-21(30-18)26-14-4-3-12-7-8-24-10-13(12)9-14/h3-11H,1-2H3,(H3,25,26,27,28,29,30,31). The second-order valence-corrected chi connectivity index (χ2v) is 7.69. The van der Waals surface area contributed by atoms with Crippen molar-refractivity contribution in [2.45, 2.75) is 19.4 Å². The quantitative estimate of drug-likeness (QED) is 0.441. The summed E-state index contributed by atoms with van der Waals surface area (Å²) in [6.45, 7) is 3.32. The molecule has 0 unspecified atom stereocenters. The van der Waals surface area contributed by atoms with Gasteiger partial charge in [0.25, 0.3) is 5.91 Å². The van der Waals surface area contributed by atoms with Gasteiger partial charge >= 0.3 is 0 Å².